The molecule has 0 aromatic heterocycles. The van der Waals surface area contributed by atoms with E-state index in [9.17, 15) is 9.18 Å². The highest BCUT2D eigenvalue weighted by Crippen LogP contribution is 2.62. The van der Waals surface area contributed by atoms with Crippen LogP contribution in [0.15, 0.2) is 48.5 Å². The number of amides is 1. The minimum Gasteiger partial charge on any atom is -0.350 e. The molecule has 1 aliphatic heterocycles. The van der Waals surface area contributed by atoms with Crippen LogP contribution in [0.3, 0.4) is 0 Å². The van der Waals surface area contributed by atoms with E-state index in [-0.39, 0.29) is 22.7 Å². The molecule has 0 spiro atoms. The summed E-state index contributed by atoms with van der Waals surface area (Å²) in [5.41, 5.74) is 4.07. The Labute approximate surface area is 184 Å². The van der Waals surface area contributed by atoms with Crippen LogP contribution in [-0.4, -0.2) is 29.4 Å². The Hall–Kier alpha value is -2.20. The van der Waals surface area contributed by atoms with Crippen molar-refractivity contribution < 1.29 is 9.18 Å². The smallest absolute Gasteiger partial charge is 0.234 e. The fourth-order valence-electron chi connectivity index (χ4n) is 7.78. The van der Waals surface area contributed by atoms with Crippen molar-refractivity contribution in [2.45, 2.75) is 62.4 Å². The Bertz CT molecular complexity index is 987. The number of rotatable bonds is 4. The third-order valence-corrected chi connectivity index (χ3v) is 8.50. The molecule has 31 heavy (non-hydrogen) atoms. The third kappa shape index (κ3) is 3.49. The molecule has 1 amide bonds. The Morgan fingerprint density at radius 2 is 1.71 bits per heavy atom. The second-order valence-corrected chi connectivity index (χ2v) is 10.8. The van der Waals surface area contributed by atoms with Gasteiger partial charge in [0.15, 0.2) is 0 Å². The van der Waals surface area contributed by atoms with Crippen molar-refractivity contribution in [1.29, 1.82) is 0 Å². The molecule has 0 radical (unpaired) electrons. The summed E-state index contributed by atoms with van der Waals surface area (Å²) in [5.74, 6) is 1.36. The molecule has 7 rings (SSSR count). The van der Waals surface area contributed by atoms with Crippen LogP contribution < -0.4 is 5.32 Å². The molecule has 162 valence electrons. The zero-order valence-electron chi connectivity index (χ0n) is 18.1. The van der Waals surface area contributed by atoms with Gasteiger partial charge in [0.1, 0.15) is 5.82 Å². The number of carbonyl (C=O) groups excluding carboxylic acids is 1. The first-order valence-corrected chi connectivity index (χ1v) is 11.9. The number of nitrogens with zero attached hydrogens (tertiary/aromatic N) is 1. The fraction of sp³-hybridized carbons (Fsp3) is 0.519. The molecule has 3 nitrogen and oxygen atoms in total. The topological polar surface area (TPSA) is 32.3 Å². The largest absolute Gasteiger partial charge is 0.350 e. The first kappa shape index (κ1) is 19.5. The molecule has 4 saturated carbocycles. The fourth-order valence-corrected chi connectivity index (χ4v) is 7.78. The van der Waals surface area contributed by atoms with Crippen molar-refractivity contribution in [2.24, 2.45) is 11.8 Å². The minimum absolute atomic E-state index is 0.0801. The monoisotopic (exact) mass is 418 g/mol. The third-order valence-electron chi connectivity index (χ3n) is 8.50. The molecule has 2 unspecified atom stereocenters. The number of fused-ring (bicyclic) bond motifs is 1. The van der Waals surface area contributed by atoms with E-state index in [0.717, 1.165) is 38.8 Å². The van der Waals surface area contributed by atoms with Gasteiger partial charge in [-0.05, 0) is 91.0 Å². The second kappa shape index (κ2) is 7.16. The van der Waals surface area contributed by atoms with Gasteiger partial charge in [-0.25, -0.2) is 4.39 Å². The van der Waals surface area contributed by atoms with E-state index in [1.807, 2.05) is 12.1 Å². The van der Waals surface area contributed by atoms with E-state index in [2.05, 4.69) is 34.5 Å². The molecule has 4 atom stereocenters. The van der Waals surface area contributed by atoms with Crippen LogP contribution in [0, 0.1) is 17.7 Å². The average molecular weight is 419 g/mol. The summed E-state index contributed by atoms with van der Waals surface area (Å²) in [5, 5.41) is 3.55. The molecular weight excluding hydrogens is 387 g/mol. The summed E-state index contributed by atoms with van der Waals surface area (Å²) in [6.45, 7) is 2.29. The van der Waals surface area contributed by atoms with Gasteiger partial charge in [-0.2, -0.15) is 0 Å². The highest BCUT2D eigenvalue weighted by molar-refractivity contribution is 5.79. The van der Waals surface area contributed by atoms with Crippen LogP contribution in [-0.2, 0) is 23.2 Å². The summed E-state index contributed by atoms with van der Waals surface area (Å²) in [6.07, 6.45) is 7.93. The lowest BCUT2D eigenvalue weighted by Gasteiger charge is -2.62. The maximum atomic E-state index is 13.6. The summed E-state index contributed by atoms with van der Waals surface area (Å²) < 4.78 is 13.6. The van der Waals surface area contributed by atoms with Crippen molar-refractivity contribution in [3.8, 4) is 0 Å². The summed E-state index contributed by atoms with van der Waals surface area (Å²) in [6, 6.07) is 15.8. The van der Waals surface area contributed by atoms with Gasteiger partial charge >= 0.3 is 0 Å². The normalized spacial score (nSPS) is 33.8. The summed E-state index contributed by atoms with van der Waals surface area (Å²) in [7, 11) is 0. The van der Waals surface area contributed by atoms with E-state index in [0.29, 0.717) is 18.4 Å². The standard InChI is InChI=1S/C27H31FN2O/c28-24-7-5-23(6-8-24)26-12-19-11-20(13-26)15-27(14-19,18-26)29-25(31)17-30-10-9-21-3-1-2-4-22(21)16-30/h1-8,19-20H,9-18H2,(H,29,31)/t19-,20+,26?,27?. The molecule has 4 bridgehead atoms. The molecule has 2 aromatic carbocycles. The second-order valence-electron chi connectivity index (χ2n) is 10.8. The van der Waals surface area contributed by atoms with E-state index < -0.39 is 0 Å². The number of hydrogen-bond donors (Lipinski definition) is 1. The molecule has 1 N–H and O–H groups in total. The molecule has 4 fully saturated rings. The summed E-state index contributed by atoms with van der Waals surface area (Å²) >= 11 is 0. The van der Waals surface area contributed by atoms with Crippen molar-refractivity contribution in [3.63, 3.8) is 0 Å². The Morgan fingerprint density at radius 3 is 2.45 bits per heavy atom. The molecule has 0 saturated heterocycles. The lowest BCUT2D eigenvalue weighted by Crippen LogP contribution is -2.65. The Kier molecular flexibility index (Phi) is 4.50. The number of benzene rings is 2. The van der Waals surface area contributed by atoms with Gasteiger partial charge < -0.3 is 5.32 Å². The molecule has 4 aliphatic carbocycles. The quantitative estimate of drug-likeness (QED) is 0.788. The highest BCUT2D eigenvalue weighted by atomic mass is 19.1. The highest BCUT2D eigenvalue weighted by Gasteiger charge is 2.58. The minimum atomic E-state index is -0.167. The average Bonchev–Trinajstić information content (AvgIpc) is 2.72. The van der Waals surface area contributed by atoms with Crippen LogP contribution in [0.2, 0.25) is 0 Å². The van der Waals surface area contributed by atoms with Gasteiger partial charge in [0, 0.05) is 18.6 Å². The predicted molar refractivity (Wildman–Crippen MR) is 119 cm³/mol. The van der Waals surface area contributed by atoms with Crippen LogP contribution in [0.4, 0.5) is 4.39 Å². The Balaban J connectivity index is 1.18. The molecule has 5 aliphatic rings. The van der Waals surface area contributed by atoms with E-state index in [1.54, 1.807) is 12.1 Å². The SMILES string of the molecule is O=C(CN1CCc2ccccc2C1)NC12C[C@H]3C[C@@H](C1)CC(c1ccc(F)cc1)(C3)C2. The van der Waals surface area contributed by atoms with Crippen LogP contribution in [0.1, 0.15) is 55.2 Å². The Morgan fingerprint density at radius 1 is 1.00 bits per heavy atom. The molecular formula is C27H31FN2O. The molecule has 1 heterocycles. The van der Waals surface area contributed by atoms with E-state index >= 15 is 0 Å². The first-order chi connectivity index (χ1) is 15.0. The van der Waals surface area contributed by atoms with E-state index in [4.69, 9.17) is 0 Å². The lowest BCUT2D eigenvalue weighted by atomic mass is 9.45. The van der Waals surface area contributed by atoms with Crippen LogP contribution >= 0.6 is 0 Å². The van der Waals surface area contributed by atoms with Crippen molar-refractivity contribution in [2.75, 3.05) is 13.1 Å². The van der Waals surface area contributed by atoms with Crippen LogP contribution in [0.5, 0.6) is 0 Å². The van der Waals surface area contributed by atoms with Crippen molar-refractivity contribution >= 4 is 5.91 Å². The van der Waals surface area contributed by atoms with E-state index in [1.165, 1.54) is 36.0 Å². The van der Waals surface area contributed by atoms with Gasteiger partial charge in [-0.15, -0.1) is 0 Å². The number of nitrogens with one attached hydrogen (secondary N) is 1. The van der Waals surface area contributed by atoms with Gasteiger partial charge in [-0.3, -0.25) is 9.69 Å². The number of hydrogen-bond acceptors (Lipinski definition) is 2. The maximum Gasteiger partial charge on any atom is 0.234 e. The van der Waals surface area contributed by atoms with Crippen molar-refractivity contribution in [3.05, 3.63) is 71.0 Å². The molecule has 4 heteroatoms. The zero-order chi connectivity index (χ0) is 21.1. The first-order valence-electron chi connectivity index (χ1n) is 11.9. The zero-order valence-corrected chi connectivity index (χ0v) is 18.1. The number of halogens is 1. The van der Waals surface area contributed by atoms with Crippen molar-refractivity contribution in [1.82, 2.24) is 10.2 Å². The van der Waals surface area contributed by atoms with Gasteiger partial charge in [0.25, 0.3) is 0 Å². The molecule has 2 aromatic rings. The predicted octanol–water partition coefficient (Wildman–Crippen LogP) is 4.59. The maximum absolute atomic E-state index is 13.6. The van der Waals surface area contributed by atoms with Gasteiger partial charge in [-0.1, -0.05) is 36.4 Å². The lowest BCUT2D eigenvalue weighted by molar-refractivity contribution is -0.129. The van der Waals surface area contributed by atoms with Gasteiger partial charge in [0.05, 0.1) is 6.54 Å². The van der Waals surface area contributed by atoms with Gasteiger partial charge in [0.2, 0.25) is 5.91 Å². The number of carbonyl (C=O) groups is 1. The van der Waals surface area contributed by atoms with Crippen LogP contribution in [0.25, 0.3) is 0 Å². The summed E-state index contributed by atoms with van der Waals surface area (Å²) in [4.78, 5) is 15.5.